The van der Waals surface area contributed by atoms with E-state index in [1.165, 1.54) is 51.4 Å². The fraction of sp³-hybridized carbons (Fsp3) is 0.923. The first-order valence-corrected chi connectivity index (χ1v) is 13.5. The monoisotopic (exact) mass is 475 g/mol. The average molecular weight is 476 g/mol. The number of alkyl halides is 1. The highest BCUT2D eigenvalue weighted by molar-refractivity contribution is 6.20. The van der Waals surface area contributed by atoms with Crippen LogP contribution in [0.3, 0.4) is 0 Å². The lowest BCUT2D eigenvalue weighted by Crippen LogP contribution is -2.25. The fourth-order valence-corrected chi connectivity index (χ4v) is 3.93. The Bertz CT molecular complexity index is 459. The van der Waals surface area contributed by atoms with Crippen molar-refractivity contribution in [3.63, 3.8) is 0 Å². The van der Waals surface area contributed by atoms with E-state index < -0.39 is 5.56 Å². The molecule has 5 nitrogen and oxygen atoms in total. The molecule has 190 valence electrons. The van der Waals surface area contributed by atoms with Crippen LogP contribution in [0.5, 0.6) is 0 Å². The molecule has 0 aliphatic rings. The number of halogens is 1. The summed E-state index contributed by atoms with van der Waals surface area (Å²) in [6.07, 6.45) is 17.5. The van der Waals surface area contributed by atoms with Crippen molar-refractivity contribution in [1.29, 1.82) is 0 Å². The number of carbonyl (C=O) groups excluding carboxylic acids is 2. The summed E-state index contributed by atoms with van der Waals surface area (Å²) in [6, 6.07) is 0. The van der Waals surface area contributed by atoms with Gasteiger partial charge in [0.1, 0.15) is 6.61 Å². The second-order valence-electron chi connectivity index (χ2n) is 9.25. The number of unbranched alkanes of at least 4 members (excludes halogenated alkanes) is 10. The molecule has 0 rings (SSSR count). The Morgan fingerprint density at radius 1 is 0.781 bits per heavy atom. The first-order chi connectivity index (χ1) is 15.4. The third-order valence-electron chi connectivity index (χ3n) is 5.75. The molecule has 32 heavy (non-hydrogen) atoms. The molecule has 0 fully saturated rings. The number of carbonyl (C=O) groups is 2. The molecule has 0 saturated carbocycles. The molecule has 0 saturated heterocycles. The second-order valence-corrected chi connectivity index (χ2v) is 9.73. The molecule has 2 atom stereocenters. The lowest BCUT2D eigenvalue weighted by molar-refractivity contribution is -0.157. The van der Waals surface area contributed by atoms with Crippen LogP contribution in [0.4, 0.5) is 0 Å². The summed E-state index contributed by atoms with van der Waals surface area (Å²) in [4.78, 5) is 26.5. The van der Waals surface area contributed by atoms with Crippen molar-refractivity contribution in [2.45, 2.75) is 122 Å². The number of ether oxygens (including phenoxy) is 2. The Morgan fingerprint density at radius 2 is 1.28 bits per heavy atom. The highest BCUT2D eigenvalue weighted by Crippen LogP contribution is 2.21. The van der Waals surface area contributed by atoms with Gasteiger partial charge in [0.25, 0.3) is 0 Å². The maximum Gasteiger partial charge on any atom is 0.309 e. The van der Waals surface area contributed by atoms with E-state index in [4.69, 9.17) is 21.1 Å². The highest BCUT2D eigenvalue weighted by Gasteiger charge is 2.21. The van der Waals surface area contributed by atoms with E-state index in [0.717, 1.165) is 45.1 Å². The SMILES string of the molecule is CCCCCCCCCCCC(CCCCC)C(=O)OCC(Cl)OC(=O)CCCN(C)C. The summed E-state index contributed by atoms with van der Waals surface area (Å²) in [5.41, 5.74) is -0.921. The summed E-state index contributed by atoms with van der Waals surface area (Å²) < 4.78 is 10.6. The van der Waals surface area contributed by atoms with Crippen LogP contribution in [0.2, 0.25) is 0 Å². The Hall–Kier alpha value is -0.810. The van der Waals surface area contributed by atoms with Crippen molar-refractivity contribution >= 4 is 23.5 Å². The molecule has 0 spiro atoms. The van der Waals surface area contributed by atoms with Gasteiger partial charge in [-0.1, -0.05) is 102 Å². The Balaban J connectivity index is 4.15. The number of hydrogen-bond acceptors (Lipinski definition) is 5. The van der Waals surface area contributed by atoms with E-state index >= 15 is 0 Å². The zero-order chi connectivity index (χ0) is 24.0. The fourth-order valence-electron chi connectivity index (χ4n) is 3.76. The molecule has 0 aliphatic heterocycles. The highest BCUT2D eigenvalue weighted by atomic mass is 35.5. The molecular formula is C26H50ClNO4. The third-order valence-corrected chi connectivity index (χ3v) is 5.96. The van der Waals surface area contributed by atoms with Gasteiger partial charge < -0.3 is 14.4 Å². The number of rotatable bonds is 22. The van der Waals surface area contributed by atoms with Crippen LogP contribution in [0.15, 0.2) is 0 Å². The van der Waals surface area contributed by atoms with Gasteiger partial charge in [-0.15, -0.1) is 0 Å². The smallest absolute Gasteiger partial charge is 0.309 e. The molecule has 2 unspecified atom stereocenters. The van der Waals surface area contributed by atoms with E-state index in [9.17, 15) is 9.59 Å². The molecule has 0 aromatic heterocycles. The standard InChI is InChI=1S/C26H50ClNO4/c1-5-7-9-10-11-12-13-14-16-19-23(18-15-8-6-2)26(30)31-22-24(27)32-25(29)20-17-21-28(3)4/h23-24H,5-22H2,1-4H3. The quantitative estimate of drug-likeness (QED) is 0.0949. The molecule has 0 heterocycles. The minimum atomic E-state index is -0.921. The van der Waals surface area contributed by atoms with Crippen LogP contribution < -0.4 is 0 Å². The van der Waals surface area contributed by atoms with E-state index in [0.29, 0.717) is 12.8 Å². The van der Waals surface area contributed by atoms with Crippen molar-refractivity contribution in [3.05, 3.63) is 0 Å². The maximum atomic E-state index is 12.6. The molecule has 0 aromatic carbocycles. The molecule has 0 N–H and O–H groups in total. The van der Waals surface area contributed by atoms with Gasteiger partial charge in [0.2, 0.25) is 5.56 Å². The second kappa shape index (κ2) is 22.0. The van der Waals surface area contributed by atoms with Crippen LogP contribution in [0, 0.1) is 5.92 Å². The zero-order valence-electron chi connectivity index (χ0n) is 21.3. The van der Waals surface area contributed by atoms with Gasteiger partial charge >= 0.3 is 11.9 Å². The average Bonchev–Trinajstić information content (AvgIpc) is 2.74. The largest absolute Gasteiger partial charge is 0.460 e. The van der Waals surface area contributed by atoms with E-state index in [1.807, 2.05) is 19.0 Å². The Morgan fingerprint density at radius 3 is 1.84 bits per heavy atom. The summed E-state index contributed by atoms with van der Waals surface area (Å²) >= 11 is 6.07. The molecule has 0 aromatic rings. The molecule has 0 amide bonds. The van der Waals surface area contributed by atoms with Crippen LogP contribution in [0.25, 0.3) is 0 Å². The van der Waals surface area contributed by atoms with Crippen molar-refractivity contribution in [3.8, 4) is 0 Å². The normalized spacial score (nSPS) is 13.2. The van der Waals surface area contributed by atoms with Crippen LogP contribution in [0.1, 0.15) is 117 Å². The Labute approximate surface area is 202 Å². The first kappa shape index (κ1) is 31.2. The van der Waals surface area contributed by atoms with Crippen molar-refractivity contribution < 1.29 is 19.1 Å². The molecular weight excluding hydrogens is 426 g/mol. The van der Waals surface area contributed by atoms with Crippen molar-refractivity contribution in [1.82, 2.24) is 4.90 Å². The summed E-state index contributed by atoms with van der Waals surface area (Å²) in [5.74, 6) is -0.627. The van der Waals surface area contributed by atoms with Gasteiger partial charge in [-0.25, -0.2) is 0 Å². The zero-order valence-corrected chi connectivity index (χ0v) is 22.1. The predicted molar refractivity (Wildman–Crippen MR) is 134 cm³/mol. The van der Waals surface area contributed by atoms with Gasteiger partial charge in [0, 0.05) is 6.42 Å². The van der Waals surface area contributed by atoms with Crippen LogP contribution in [-0.4, -0.2) is 49.6 Å². The van der Waals surface area contributed by atoms with E-state index in [2.05, 4.69) is 13.8 Å². The lowest BCUT2D eigenvalue weighted by Gasteiger charge is -2.18. The minimum Gasteiger partial charge on any atom is -0.460 e. The molecule has 0 radical (unpaired) electrons. The number of nitrogens with zero attached hydrogens (tertiary/aromatic N) is 1. The van der Waals surface area contributed by atoms with Crippen molar-refractivity contribution in [2.75, 3.05) is 27.2 Å². The van der Waals surface area contributed by atoms with Crippen molar-refractivity contribution in [2.24, 2.45) is 5.92 Å². The molecule has 0 bridgehead atoms. The Kier molecular flexibility index (Phi) is 21.4. The number of hydrogen-bond donors (Lipinski definition) is 0. The van der Waals surface area contributed by atoms with Crippen LogP contribution >= 0.6 is 11.6 Å². The number of esters is 2. The van der Waals surface area contributed by atoms with Gasteiger partial charge in [-0.05, 0) is 39.9 Å². The van der Waals surface area contributed by atoms with Gasteiger partial charge in [-0.3, -0.25) is 9.59 Å². The minimum absolute atomic E-state index is 0.0780. The predicted octanol–water partition coefficient (Wildman–Crippen LogP) is 7.10. The topological polar surface area (TPSA) is 55.8 Å². The summed E-state index contributed by atoms with van der Waals surface area (Å²) in [6.45, 7) is 5.14. The molecule has 0 aliphatic carbocycles. The molecule has 6 heteroatoms. The van der Waals surface area contributed by atoms with E-state index in [-0.39, 0.29) is 24.5 Å². The van der Waals surface area contributed by atoms with Gasteiger partial charge in [-0.2, -0.15) is 0 Å². The van der Waals surface area contributed by atoms with E-state index in [1.54, 1.807) is 0 Å². The lowest BCUT2D eigenvalue weighted by atomic mass is 9.94. The summed E-state index contributed by atoms with van der Waals surface area (Å²) in [5, 5.41) is 0. The third kappa shape index (κ3) is 19.8. The maximum absolute atomic E-state index is 12.6. The van der Waals surface area contributed by atoms with Crippen LogP contribution in [-0.2, 0) is 19.1 Å². The van der Waals surface area contributed by atoms with Gasteiger partial charge in [0.15, 0.2) is 0 Å². The summed E-state index contributed by atoms with van der Waals surface area (Å²) in [7, 11) is 3.92. The van der Waals surface area contributed by atoms with Gasteiger partial charge in [0.05, 0.1) is 5.92 Å². The first-order valence-electron chi connectivity index (χ1n) is 13.1.